The van der Waals surface area contributed by atoms with Crippen molar-refractivity contribution in [1.29, 1.82) is 0 Å². The van der Waals surface area contributed by atoms with E-state index in [2.05, 4.69) is 19.7 Å². The standard InChI is InChI=1S/C23H13ClF2N4O2S2/c24-15-8-20(34-30-22-11-33-12-28-22)16(25)9-19(15)32-18-2-1-17(13-3-5-27-21(26)7-13)29-23(18)14-4-6-31-10-14/h1-12,30H. The quantitative estimate of drug-likeness (QED) is 0.176. The molecule has 5 aromatic rings. The third-order valence-corrected chi connectivity index (χ3v) is 6.31. The van der Waals surface area contributed by atoms with Gasteiger partial charge in [-0.05, 0) is 42.3 Å². The van der Waals surface area contributed by atoms with Gasteiger partial charge < -0.3 is 13.9 Å². The number of hydrogen-bond acceptors (Lipinski definition) is 8. The van der Waals surface area contributed by atoms with Crippen molar-refractivity contribution < 1.29 is 17.9 Å². The van der Waals surface area contributed by atoms with Crippen molar-refractivity contribution in [1.82, 2.24) is 15.0 Å². The normalized spacial score (nSPS) is 10.9. The second-order valence-corrected chi connectivity index (χ2v) is 8.79. The number of furan rings is 1. The van der Waals surface area contributed by atoms with Gasteiger partial charge in [0.05, 0.1) is 33.6 Å². The molecule has 34 heavy (non-hydrogen) atoms. The largest absolute Gasteiger partial charge is 0.472 e. The van der Waals surface area contributed by atoms with E-state index in [0.717, 1.165) is 11.9 Å². The SMILES string of the molecule is Fc1cc(-c2ccc(Oc3cc(F)c(SNc4cscn4)cc3Cl)c(-c3ccoc3)n2)ccn1. The van der Waals surface area contributed by atoms with Crippen LogP contribution in [0.3, 0.4) is 0 Å². The number of nitrogens with zero attached hydrogens (tertiary/aromatic N) is 3. The third-order valence-electron chi connectivity index (χ3n) is 4.58. The molecule has 0 spiro atoms. The molecule has 0 fully saturated rings. The number of benzene rings is 1. The number of rotatable bonds is 7. The van der Waals surface area contributed by atoms with Crippen molar-refractivity contribution in [3.8, 4) is 34.0 Å². The van der Waals surface area contributed by atoms with Gasteiger partial charge in [-0.2, -0.15) is 4.39 Å². The highest BCUT2D eigenvalue weighted by molar-refractivity contribution is 8.00. The van der Waals surface area contributed by atoms with E-state index in [1.807, 2.05) is 0 Å². The third kappa shape index (κ3) is 4.89. The van der Waals surface area contributed by atoms with Crippen LogP contribution in [0.25, 0.3) is 22.5 Å². The topological polar surface area (TPSA) is 73.1 Å². The molecule has 0 aliphatic heterocycles. The lowest BCUT2D eigenvalue weighted by Gasteiger charge is -2.14. The molecule has 1 N–H and O–H groups in total. The molecule has 170 valence electrons. The van der Waals surface area contributed by atoms with Crippen molar-refractivity contribution in [2.75, 3.05) is 4.72 Å². The van der Waals surface area contributed by atoms with Crippen LogP contribution in [0, 0.1) is 11.8 Å². The van der Waals surface area contributed by atoms with Gasteiger partial charge in [0, 0.05) is 34.8 Å². The van der Waals surface area contributed by atoms with Crippen LogP contribution in [0.1, 0.15) is 0 Å². The number of halogens is 3. The van der Waals surface area contributed by atoms with Crippen LogP contribution in [0.2, 0.25) is 5.02 Å². The fraction of sp³-hybridized carbons (Fsp3) is 0. The highest BCUT2D eigenvalue weighted by atomic mass is 35.5. The predicted octanol–water partition coefficient (Wildman–Crippen LogP) is 7.70. The maximum atomic E-state index is 14.8. The molecule has 6 nitrogen and oxygen atoms in total. The summed E-state index contributed by atoms with van der Waals surface area (Å²) in [4.78, 5) is 12.6. The fourth-order valence-electron chi connectivity index (χ4n) is 3.01. The minimum absolute atomic E-state index is 0.117. The first kappa shape index (κ1) is 22.3. The van der Waals surface area contributed by atoms with Crippen molar-refractivity contribution in [3.05, 3.63) is 88.9 Å². The highest BCUT2D eigenvalue weighted by Gasteiger charge is 2.17. The maximum Gasteiger partial charge on any atom is 0.213 e. The minimum atomic E-state index is -0.617. The fourth-order valence-corrected chi connectivity index (χ4v) is 4.50. The number of hydrogen-bond donors (Lipinski definition) is 1. The van der Waals surface area contributed by atoms with Gasteiger partial charge in [0.2, 0.25) is 5.95 Å². The van der Waals surface area contributed by atoms with E-state index in [0.29, 0.717) is 34.1 Å². The molecule has 0 amide bonds. The van der Waals surface area contributed by atoms with Gasteiger partial charge in [0.1, 0.15) is 23.1 Å². The Hall–Kier alpha value is -3.47. The Morgan fingerprint density at radius 3 is 2.71 bits per heavy atom. The molecule has 1 aromatic carbocycles. The first-order chi connectivity index (χ1) is 16.6. The lowest BCUT2D eigenvalue weighted by Crippen LogP contribution is -1.96. The molecular weight excluding hydrogens is 502 g/mol. The molecule has 0 aliphatic carbocycles. The molecule has 4 heterocycles. The summed E-state index contributed by atoms with van der Waals surface area (Å²) in [5.41, 5.74) is 3.76. The Bertz CT molecular complexity index is 1430. The monoisotopic (exact) mass is 514 g/mol. The molecule has 0 atom stereocenters. The van der Waals surface area contributed by atoms with E-state index in [1.54, 1.807) is 35.2 Å². The summed E-state index contributed by atoms with van der Waals surface area (Å²) >= 11 is 8.88. The lowest BCUT2D eigenvalue weighted by molar-refractivity contribution is 0.474. The summed E-state index contributed by atoms with van der Waals surface area (Å²) in [6, 6.07) is 10.6. The van der Waals surface area contributed by atoms with Crippen LogP contribution >= 0.6 is 34.9 Å². The Labute approximate surface area is 205 Å². The summed E-state index contributed by atoms with van der Waals surface area (Å²) in [5.74, 6) is -0.0768. The zero-order valence-corrected chi connectivity index (χ0v) is 19.4. The summed E-state index contributed by atoms with van der Waals surface area (Å²) < 4.78 is 42.5. The van der Waals surface area contributed by atoms with E-state index in [9.17, 15) is 8.78 Å². The molecule has 0 saturated carbocycles. The molecule has 0 saturated heterocycles. The van der Waals surface area contributed by atoms with Crippen molar-refractivity contribution >= 4 is 40.7 Å². The van der Waals surface area contributed by atoms with Gasteiger partial charge in [-0.3, -0.25) is 0 Å². The zero-order chi connectivity index (χ0) is 23.5. The average Bonchev–Trinajstić information content (AvgIpc) is 3.55. The molecule has 0 aliphatic rings. The molecular formula is C23H13ClF2N4O2S2. The van der Waals surface area contributed by atoms with E-state index < -0.39 is 11.8 Å². The van der Waals surface area contributed by atoms with E-state index >= 15 is 0 Å². The number of anilines is 1. The summed E-state index contributed by atoms with van der Waals surface area (Å²) in [5, 5.41) is 2.01. The number of nitrogens with one attached hydrogen (secondary N) is 1. The number of pyridine rings is 2. The Morgan fingerprint density at radius 1 is 1.03 bits per heavy atom. The first-order valence-electron chi connectivity index (χ1n) is 9.70. The van der Waals surface area contributed by atoms with Gasteiger partial charge in [0.15, 0.2) is 5.75 Å². The van der Waals surface area contributed by atoms with E-state index in [1.165, 1.54) is 48.3 Å². The van der Waals surface area contributed by atoms with Crippen LogP contribution in [0.15, 0.2) is 81.4 Å². The molecule has 4 aromatic heterocycles. The zero-order valence-electron chi connectivity index (χ0n) is 17.0. The number of aromatic nitrogens is 3. The van der Waals surface area contributed by atoms with Crippen molar-refractivity contribution in [3.63, 3.8) is 0 Å². The summed E-state index contributed by atoms with van der Waals surface area (Å²) in [7, 11) is 0. The van der Waals surface area contributed by atoms with Crippen molar-refractivity contribution in [2.45, 2.75) is 4.90 Å². The van der Waals surface area contributed by atoms with Crippen LogP contribution in [-0.2, 0) is 0 Å². The molecule has 0 unspecified atom stereocenters. The van der Waals surface area contributed by atoms with Gasteiger partial charge >= 0.3 is 0 Å². The summed E-state index contributed by atoms with van der Waals surface area (Å²) in [6.07, 6.45) is 4.35. The lowest BCUT2D eigenvalue weighted by atomic mass is 10.1. The average molecular weight is 515 g/mol. The molecule has 11 heteroatoms. The van der Waals surface area contributed by atoms with Gasteiger partial charge in [-0.25, -0.2) is 19.3 Å². The van der Waals surface area contributed by atoms with E-state index in [-0.39, 0.29) is 15.7 Å². The Balaban J connectivity index is 1.46. The second kappa shape index (κ2) is 9.80. The van der Waals surface area contributed by atoms with Crippen LogP contribution in [0.4, 0.5) is 14.6 Å². The van der Waals surface area contributed by atoms with Crippen LogP contribution in [-0.4, -0.2) is 15.0 Å². The highest BCUT2D eigenvalue weighted by Crippen LogP contribution is 2.39. The number of ether oxygens (including phenoxy) is 1. The molecule has 5 rings (SSSR count). The maximum absolute atomic E-state index is 14.8. The molecule has 0 radical (unpaired) electrons. The van der Waals surface area contributed by atoms with Crippen LogP contribution in [0.5, 0.6) is 11.5 Å². The second-order valence-electron chi connectivity index (χ2n) is 6.82. The Morgan fingerprint density at radius 2 is 1.94 bits per heavy atom. The van der Waals surface area contributed by atoms with Crippen LogP contribution < -0.4 is 9.46 Å². The van der Waals surface area contributed by atoms with E-state index in [4.69, 9.17) is 20.8 Å². The predicted molar refractivity (Wildman–Crippen MR) is 128 cm³/mol. The van der Waals surface area contributed by atoms with Gasteiger partial charge in [0.25, 0.3) is 0 Å². The Kier molecular flexibility index (Phi) is 6.43. The van der Waals surface area contributed by atoms with Gasteiger partial charge in [-0.15, -0.1) is 11.3 Å². The minimum Gasteiger partial charge on any atom is -0.472 e. The van der Waals surface area contributed by atoms with Gasteiger partial charge in [-0.1, -0.05) is 11.6 Å². The first-order valence-corrected chi connectivity index (χ1v) is 11.8. The summed E-state index contributed by atoms with van der Waals surface area (Å²) in [6.45, 7) is 0. The van der Waals surface area contributed by atoms with Crippen molar-refractivity contribution in [2.24, 2.45) is 0 Å². The number of thiazole rings is 1. The smallest absolute Gasteiger partial charge is 0.213 e. The molecule has 0 bridgehead atoms.